The zero-order chi connectivity index (χ0) is 14.1. The molecular weight excluding hydrogens is 282 g/mol. The number of nitrogens with zero attached hydrogens (tertiary/aromatic N) is 2. The van der Waals surface area contributed by atoms with E-state index in [0.29, 0.717) is 6.61 Å². The summed E-state index contributed by atoms with van der Waals surface area (Å²) in [6, 6.07) is 10.1. The van der Waals surface area contributed by atoms with Gasteiger partial charge in [-0.05, 0) is 12.1 Å². The molecule has 20 heavy (non-hydrogen) atoms. The number of halogens is 1. The summed E-state index contributed by atoms with van der Waals surface area (Å²) in [5.74, 6) is 0.919. The largest absolute Gasteiger partial charge is 0.491 e. The lowest BCUT2D eigenvalue weighted by molar-refractivity contribution is -0.384. The van der Waals surface area contributed by atoms with Crippen molar-refractivity contribution < 1.29 is 9.66 Å². The van der Waals surface area contributed by atoms with E-state index in [1.165, 1.54) is 12.1 Å². The van der Waals surface area contributed by atoms with Gasteiger partial charge in [-0.2, -0.15) is 0 Å². The summed E-state index contributed by atoms with van der Waals surface area (Å²) in [6.45, 7) is 0.394. The number of nitrogens with one attached hydrogen (secondary N) is 1. The molecule has 1 aromatic heterocycles. The van der Waals surface area contributed by atoms with Gasteiger partial charge < -0.3 is 10.1 Å². The van der Waals surface area contributed by atoms with Crippen molar-refractivity contribution in [3.05, 3.63) is 57.2 Å². The Balaban J connectivity index is 1.93. The number of anilines is 1. The van der Waals surface area contributed by atoms with Crippen LogP contribution in [0.1, 0.15) is 11.6 Å². The maximum absolute atomic E-state index is 11.0. The molecule has 0 bridgehead atoms. The number of hydrogen-bond acceptors (Lipinski definition) is 5. The van der Waals surface area contributed by atoms with Crippen molar-refractivity contribution in [1.29, 1.82) is 0 Å². The number of ether oxygens (including phenoxy) is 1. The van der Waals surface area contributed by atoms with Crippen LogP contribution < -0.4 is 10.1 Å². The highest BCUT2D eigenvalue weighted by atomic mass is 35.5. The van der Waals surface area contributed by atoms with E-state index >= 15 is 0 Å². The van der Waals surface area contributed by atoms with E-state index in [1.807, 2.05) is 24.3 Å². The van der Waals surface area contributed by atoms with Crippen LogP contribution in [0.4, 0.5) is 11.5 Å². The molecule has 1 atom stereocenters. The molecule has 3 rings (SSSR count). The smallest absolute Gasteiger partial charge is 0.311 e. The summed E-state index contributed by atoms with van der Waals surface area (Å²) in [4.78, 5) is 14.5. The third-order valence-corrected chi connectivity index (χ3v) is 3.26. The van der Waals surface area contributed by atoms with Crippen LogP contribution in [0.3, 0.4) is 0 Å². The summed E-state index contributed by atoms with van der Waals surface area (Å²) in [5, 5.41) is 14.2. The van der Waals surface area contributed by atoms with Gasteiger partial charge in [0.15, 0.2) is 0 Å². The van der Waals surface area contributed by atoms with Crippen LogP contribution in [0, 0.1) is 10.1 Å². The van der Waals surface area contributed by atoms with E-state index in [0.717, 1.165) is 11.3 Å². The highest BCUT2D eigenvalue weighted by Crippen LogP contribution is 2.35. The first-order valence-corrected chi connectivity index (χ1v) is 6.32. The summed E-state index contributed by atoms with van der Waals surface area (Å²) < 4.78 is 5.52. The van der Waals surface area contributed by atoms with Crippen molar-refractivity contribution in [2.45, 2.75) is 6.04 Å². The number of rotatable bonds is 3. The summed E-state index contributed by atoms with van der Waals surface area (Å²) in [6.07, 6.45) is 0. The minimum atomic E-state index is -0.493. The van der Waals surface area contributed by atoms with Gasteiger partial charge in [-0.1, -0.05) is 29.8 Å². The predicted molar refractivity (Wildman–Crippen MR) is 74.2 cm³/mol. The molecule has 1 N–H and O–H groups in total. The van der Waals surface area contributed by atoms with Gasteiger partial charge in [-0.25, -0.2) is 4.98 Å². The second kappa shape index (κ2) is 4.97. The van der Waals surface area contributed by atoms with Crippen LogP contribution in [0.25, 0.3) is 0 Å². The van der Waals surface area contributed by atoms with E-state index < -0.39 is 4.92 Å². The van der Waals surface area contributed by atoms with Crippen LogP contribution in [0.2, 0.25) is 5.15 Å². The molecule has 0 saturated heterocycles. The van der Waals surface area contributed by atoms with Crippen molar-refractivity contribution in [1.82, 2.24) is 4.98 Å². The zero-order valence-electron chi connectivity index (χ0n) is 10.2. The number of hydrogen-bond donors (Lipinski definition) is 1. The number of para-hydroxylation sites is 1. The van der Waals surface area contributed by atoms with Gasteiger partial charge in [0.1, 0.15) is 17.5 Å². The molecule has 0 fully saturated rings. The minimum absolute atomic E-state index is 0.112. The highest BCUT2D eigenvalue weighted by molar-refractivity contribution is 6.29. The third-order valence-electron chi connectivity index (χ3n) is 3.05. The van der Waals surface area contributed by atoms with Crippen molar-refractivity contribution in [3.63, 3.8) is 0 Å². The van der Waals surface area contributed by atoms with Crippen molar-refractivity contribution >= 4 is 23.1 Å². The molecule has 0 amide bonds. The van der Waals surface area contributed by atoms with E-state index in [-0.39, 0.29) is 22.7 Å². The van der Waals surface area contributed by atoms with Crippen molar-refractivity contribution in [2.75, 3.05) is 11.9 Å². The third kappa shape index (κ3) is 2.25. The predicted octanol–water partition coefficient (Wildman–Crippen LogP) is 3.19. The first kappa shape index (κ1) is 12.7. The monoisotopic (exact) mass is 291 g/mol. The number of benzene rings is 1. The number of aromatic nitrogens is 1. The van der Waals surface area contributed by atoms with Crippen molar-refractivity contribution in [3.8, 4) is 5.75 Å². The maximum atomic E-state index is 11.0. The van der Waals surface area contributed by atoms with Gasteiger partial charge in [0.05, 0.1) is 11.0 Å². The van der Waals surface area contributed by atoms with Gasteiger partial charge in [-0.15, -0.1) is 0 Å². The molecule has 6 nitrogen and oxygen atoms in total. The zero-order valence-corrected chi connectivity index (χ0v) is 11.0. The fourth-order valence-corrected chi connectivity index (χ4v) is 2.28. The fourth-order valence-electron chi connectivity index (χ4n) is 2.13. The Labute approximate surface area is 119 Å². The minimum Gasteiger partial charge on any atom is -0.491 e. The maximum Gasteiger partial charge on any atom is 0.311 e. The Morgan fingerprint density at radius 3 is 2.95 bits per heavy atom. The Morgan fingerprint density at radius 1 is 1.35 bits per heavy atom. The molecule has 0 radical (unpaired) electrons. The van der Waals surface area contributed by atoms with Crippen molar-refractivity contribution in [2.24, 2.45) is 0 Å². The van der Waals surface area contributed by atoms with Crippen LogP contribution in [0.5, 0.6) is 5.75 Å². The van der Waals surface area contributed by atoms with Crippen LogP contribution >= 0.6 is 11.6 Å². The van der Waals surface area contributed by atoms with Gasteiger partial charge in [0.2, 0.25) is 5.82 Å². The van der Waals surface area contributed by atoms with Gasteiger partial charge in [0.25, 0.3) is 0 Å². The lowest BCUT2D eigenvalue weighted by Gasteiger charge is -2.12. The average Bonchev–Trinajstić information content (AvgIpc) is 2.82. The van der Waals surface area contributed by atoms with E-state index in [1.54, 1.807) is 0 Å². The topological polar surface area (TPSA) is 77.3 Å². The highest BCUT2D eigenvalue weighted by Gasteiger charge is 2.26. The van der Waals surface area contributed by atoms with E-state index in [4.69, 9.17) is 16.3 Å². The molecule has 1 unspecified atom stereocenters. The van der Waals surface area contributed by atoms with Gasteiger partial charge >= 0.3 is 5.69 Å². The fraction of sp³-hybridized carbons (Fsp3) is 0.154. The lowest BCUT2D eigenvalue weighted by Crippen LogP contribution is -2.14. The number of fused-ring (bicyclic) bond motifs is 1. The molecule has 0 saturated carbocycles. The average molecular weight is 292 g/mol. The van der Waals surface area contributed by atoms with Crippen LogP contribution in [-0.4, -0.2) is 16.5 Å². The normalized spacial score (nSPS) is 16.4. The Kier molecular flexibility index (Phi) is 3.15. The summed E-state index contributed by atoms with van der Waals surface area (Å²) in [7, 11) is 0. The Morgan fingerprint density at radius 2 is 2.15 bits per heavy atom. The quantitative estimate of drug-likeness (QED) is 0.534. The molecule has 1 aliphatic heterocycles. The lowest BCUT2D eigenvalue weighted by atomic mass is 10.1. The second-order valence-corrected chi connectivity index (χ2v) is 4.69. The molecule has 2 aromatic rings. The van der Waals surface area contributed by atoms with E-state index in [9.17, 15) is 10.1 Å². The molecule has 7 heteroatoms. The SMILES string of the molecule is O=[N+]([O-])c1ccc(Cl)nc1NC1COc2ccccc21. The van der Waals surface area contributed by atoms with Gasteiger partial charge in [-0.3, -0.25) is 10.1 Å². The molecule has 102 valence electrons. The molecule has 1 aliphatic rings. The Bertz CT molecular complexity index is 678. The number of nitro groups is 1. The molecule has 0 aliphatic carbocycles. The van der Waals surface area contributed by atoms with Crippen LogP contribution in [0.15, 0.2) is 36.4 Å². The second-order valence-electron chi connectivity index (χ2n) is 4.30. The van der Waals surface area contributed by atoms with Crippen LogP contribution in [-0.2, 0) is 0 Å². The molecule has 0 spiro atoms. The number of pyridine rings is 1. The molecule has 2 heterocycles. The van der Waals surface area contributed by atoms with Gasteiger partial charge in [0, 0.05) is 11.6 Å². The van der Waals surface area contributed by atoms with E-state index in [2.05, 4.69) is 10.3 Å². The first-order chi connectivity index (χ1) is 9.65. The Hall–Kier alpha value is -2.34. The summed E-state index contributed by atoms with van der Waals surface area (Å²) in [5.41, 5.74) is 0.836. The standard InChI is InChI=1S/C13H10ClN3O3/c14-12-6-5-10(17(18)19)13(16-12)15-9-7-20-11-4-2-1-3-8(9)11/h1-6,9H,7H2,(H,15,16). The molecule has 1 aromatic carbocycles. The first-order valence-electron chi connectivity index (χ1n) is 5.94. The molecular formula is C13H10ClN3O3. The summed E-state index contributed by atoms with van der Waals surface area (Å²) >= 11 is 5.80.